The van der Waals surface area contributed by atoms with Gasteiger partial charge in [-0.1, -0.05) is 0 Å². The van der Waals surface area contributed by atoms with Crippen LogP contribution in [-0.4, -0.2) is 79.2 Å². The summed E-state index contributed by atoms with van der Waals surface area (Å²) in [6.45, 7) is 11.6. The van der Waals surface area contributed by atoms with Crippen molar-refractivity contribution in [1.29, 1.82) is 0 Å². The molecular formula is C17H31N3O5. The summed E-state index contributed by atoms with van der Waals surface area (Å²) in [6, 6.07) is 0. The number of esters is 1. The minimum absolute atomic E-state index is 0.105. The van der Waals surface area contributed by atoms with Crippen molar-refractivity contribution in [3.63, 3.8) is 0 Å². The molecule has 0 aliphatic carbocycles. The van der Waals surface area contributed by atoms with Crippen LogP contribution in [0.4, 0.5) is 4.79 Å². The molecule has 0 bridgehead atoms. The van der Waals surface area contributed by atoms with Crippen LogP contribution < -0.4 is 5.32 Å². The van der Waals surface area contributed by atoms with Crippen LogP contribution in [0.5, 0.6) is 0 Å². The Morgan fingerprint density at radius 3 is 2.24 bits per heavy atom. The van der Waals surface area contributed by atoms with Crippen molar-refractivity contribution >= 4 is 18.0 Å². The molecule has 144 valence electrons. The van der Waals surface area contributed by atoms with Crippen LogP contribution in [0.15, 0.2) is 0 Å². The van der Waals surface area contributed by atoms with Gasteiger partial charge in [0, 0.05) is 45.7 Å². The lowest BCUT2D eigenvalue weighted by Crippen LogP contribution is -2.51. The number of nitrogens with zero attached hydrogens (tertiary/aromatic N) is 2. The van der Waals surface area contributed by atoms with Gasteiger partial charge < -0.3 is 19.7 Å². The molecule has 1 heterocycles. The van der Waals surface area contributed by atoms with E-state index in [0.717, 1.165) is 13.1 Å². The first kappa shape index (κ1) is 21.2. The summed E-state index contributed by atoms with van der Waals surface area (Å²) in [5.41, 5.74) is -0.484. The Bertz CT molecular complexity index is 454. The molecule has 2 amide bonds. The second-order valence-electron chi connectivity index (χ2n) is 6.96. The number of amides is 2. The average Bonchev–Trinajstić information content (AvgIpc) is 2.52. The first-order valence-corrected chi connectivity index (χ1v) is 8.84. The quantitative estimate of drug-likeness (QED) is 0.684. The van der Waals surface area contributed by atoms with Gasteiger partial charge in [-0.05, 0) is 27.7 Å². The molecule has 25 heavy (non-hydrogen) atoms. The standard InChI is InChI=1S/C17H31N3O5/c1-5-24-15(22)7-6-14(21)18-8-9-19-10-12-20(13-11-19)16(23)25-17(2,3)4/h5-13H2,1-4H3,(H,18,21). The maximum atomic E-state index is 12.0. The molecule has 0 spiro atoms. The van der Waals surface area contributed by atoms with Gasteiger partial charge in [0.1, 0.15) is 5.60 Å². The Balaban J connectivity index is 2.15. The van der Waals surface area contributed by atoms with E-state index in [-0.39, 0.29) is 30.8 Å². The summed E-state index contributed by atoms with van der Waals surface area (Å²) in [5.74, 6) is -0.503. The normalized spacial score (nSPS) is 15.6. The van der Waals surface area contributed by atoms with E-state index in [2.05, 4.69) is 10.2 Å². The number of carbonyl (C=O) groups excluding carboxylic acids is 3. The van der Waals surface area contributed by atoms with Gasteiger partial charge in [0.05, 0.1) is 13.0 Å². The highest BCUT2D eigenvalue weighted by atomic mass is 16.6. The van der Waals surface area contributed by atoms with Crippen molar-refractivity contribution in [2.24, 2.45) is 0 Å². The third-order valence-corrected chi connectivity index (χ3v) is 3.64. The highest BCUT2D eigenvalue weighted by Gasteiger charge is 2.25. The van der Waals surface area contributed by atoms with Crippen LogP contribution in [0, 0.1) is 0 Å². The third-order valence-electron chi connectivity index (χ3n) is 3.64. The van der Waals surface area contributed by atoms with Crippen LogP contribution in [-0.2, 0) is 19.1 Å². The predicted octanol–water partition coefficient (Wildman–Crippen LogP) is 0.999. The summed E-state index contributed by atoms with van der Waals surface area (Å²) in [4.78, 5) is 38.7. The lowest BCUT2D eigenvalue weighted by molar-refractivity contribution is -0.144. The van der Waals surface area contributed by atoms with Gasteiger partial charge in [-0.3, -0.25) is 14.5 Å². The molecule has 0 aromatic heterocycles. The van der Waals surface area contributed by atoms with E-state index in [9.17, 15) is 14.4 Å². The SMILES string of the molecule is CCOC(=O)CCC(=O)NCCN1CCN(C(=O)OC(C)(C)C)CC1. The van der Waals surface area contributed by atoms with E-state index in [0.29, 0.717) is 32.8 Å². The molecule has 8 nitrogen and oxygen atoms in total. The molecule has 1 rings (SSSR count). The smallest absolute Gasteiger partial charge is 0.410 e. The van der Waals surface area contributed by atoms with Crippen LogP contribution in [0.3, 0.4) is 0 Å². The van der Waals surface area contributed by atoms with Gasteiger partial charge in [0.15, 0.2) is 0 Å². The Morgan fingerprint density at radius 1 is 1.04 bits per heavy atom. The van der Waals surface area contributed by atoms with Crippen LogP contribution in [0.25, 0.3) is 0 Å². The molecule has 0 radical (unpaired) electrons. The molecule has 0 saturated carbocycles. The molecular weight excluding hydrogens is 326 g/mol. The molecule has 1 fully saturated rings. The molecule has 1 N–H and O–H groups in total. The van der Waals surface area contributed by atoms with E-state index in [4.69, 9.17) is 9.47 Å². The zero-order chi connectivity index (χ0) is 18.9. The lowest BCUT2D eigenvalue weighted by atomic mass is 10.2. The van der Waals surface area contributed by atoms with E-state index in [1.54, 1.807) is 11.8 Å². The van der Waals surface area contributed by atoms with Crippen molar-refractivity contribution in [3.05, 3.63) is 0 Å². The monoisotopic (exact) mass is 357 g/mol. The summed E-state index contributed by atoms with van der Waals surface area (Å²) in [5, 5.41) is 2.80. The number of carbonyl (C=O) groups is 3. The molecule has 0 aromatic rings. The van der Waals surface area contributed by atoms with Crippen molar-refractivity contribution < 1.29 is 23.9 Å². The molecule has 0 unspecified atom stereocenters. The second-order valence-corrected chi connectivity index (χ2v) is 6.96. The number of hydrogen-bond acceptors (Lipinski definition) is 6. The lowest BCUT2D eigenvalue weighted by Gasteiger charge is -2.35. The fourth-order valence-electron chi connectivity index (χ4n) is 2.37. The Hall–Kier alpha value is -1.83. The summed E-state index contributed by atoms with van der Waals surface area (Å²) >= 11 is 0. The minimum atomic E-state index is -0.484. The Kier molecular flexibility index (Phi) is 8.68. The number of rotatable bonds is 7. The zero-order valence-electron chi connectivity index (χ0n) is 15.8. The van der Waals surface area contributed by atoms with Crippen molar-refractivity contribution in [2.75, 3.05) is 45.9 Å². The van der Waals surface area contributed by atoms with E-state index >= 15 is 0 Å². The largest absolute Gasteiger partial charge is 0.466 e. The number of piperazine rings is 1. The van der Waals surface area contributed by atoms with Crippen LogP contribution in [0.1, 0.15) is 40.5 Å². The van der Waals surface area contributed by atoms with Crippen molar-refractivity contribution in [3.8, 4) is 0 Å². The predicted molar refractivity (Wildman–Crippen MR) is 93.1 cm³/mol. The van der Waals surface area contributed by atoms with Gasteiger partial charge in [-0.2, -0.15) is 0 Å². The van der Waals surface area contributed by atoms with E-state index < -0.39 is 5.60 Å². The van der Waals surface area contributed by atoms with Crippen molar-refractivity contribution in [2.45, 2.75) is 46.1 Å². The van der Waals surface area contributed by atoms with Gasteiger partial charge in [-0.25, -0.2) is 4.79 Å². The van der Waals surface area contributed by atoms with Crippen molar-refractivity contribution in [1.82, 2.24) is 15.1 Å². The number of ether oxygens (including phenoxy) is 2. The highest BCUT2D eigenvalue weighted by Crippen LogP contribution is 2.11. The third kappa shape index (κ3) is 9.28. The molecule has 8 heteroatoms. The average molecular weight is 357 g/mol. The minimum Gasteiger partial charge on any atom is -0.466 e. The Labute approximate surface area is 149 Å². The molecule has 0 atom stereocenters. The number of hydrogen-bond donors (Lipinski definition) is 1. The van der Waals surface area contributed by atoms with Crippen LogP contribution >= 0.6 is 0 Å². The maximum Gasteiger partial charge on any atom is 0.410 e. The van der Waals surface area contributed by atoms with Gasteiger partial charge in [0.25, 0.3) is 0 Å². The van der Waals surface area contributed by atoms with E-state index in [1.165, 1.54) is 0 Å². The van der Waals surface area contributed by atoms with Crippen LogP contribution in [0.2, 0.25) is 0 Å². The Morgan fingerprint density at radius 2 is 1.68 bits per heavy atom. The van der Waals surface area contributed by atoms with Gasteiger partial charge >= 0.3 is 12.1 Å². The summed E-state index contributed by atoms with van der Waals surface area (Å²) < 4.78 is 10.1. The zero-order valence-corrected chi connectivity index (χ0v) is 15.8. The maximum absolute atomic E-state index is 12.0. The number of nitrogens with one attached hydrogen (secondary N) is 1. The van der Waals surface area contributed by atoms with E-state index in [1.807, 2.05) is 20.8 Å². The first-order valence-electron chi connectivity index (χ1n) is 8.84. The van der Waals surface area contributed by atoms with Gasteiger partial charge in [-0.15, -0.1) is 0 Å². The highest BCUT2D eigenvalue weighted by molar-refractivity contribution is 5.81. The second kappa shape index (κ2) is 10.2. The fraction of sp³-hybridized carbons (Fsp3) is 0.824. The summed E-state index contributed by atoms with van der Waals surface area (Å²) in [7, 11) is 0. The fourth-order valence-corrected chi connectivity index (χ4v) is 2.37. The summed E-state index contributed by atoms with van der Waals surface area (Å²) in [6.07, 6.45) is -0.0288. The molecule has 1 saturated heterocycles. The molecule has 1 aliphatic heterocycles. The topological polar surface area (TPSA) is 88.2 Å². The molecule has 0 aromatic carbocycles. The van der Waals surface area contributed by atoms with Gasteiger partial charge in [0.2, 0.25) is 5.91 Å². The first-order chi connectivity index (χ1) is 11.7. The molecule has 1 aliphatic rings.